The van der Waals surface area contributed by atoms with Gasteiger partial charge in [-0.25, -0.2) is 0 Å². The monoisotopic (exact) mass is 286 g/mol. The number of methoxy groups -OCH3 is 1. The number of benzene rings is 2. The minimum Gasteiger partial charge on any atom is -0.497 e. The standard InChI is InChI=1S/C17H15ClO2/c1-12(11-13-3-7-15(18)8-4-13)17(19)14-5-9-16(20-2)10-6-14/h3-11H,1-2H3/b12-11+. The van der Waals surface area contributed by atoms with E-state index in [4.69, 9.17) is 16.3 Å². The SMILES string of the molecule is COc1ccc(C(=O)/C(C)=C/c2ccc(Cl)cc2)cc1. The minimum absolute atomic E-state index is 0.00241. The van der Waals surface area contributed by atoms with Crippen LogP contribution in [-0.4, -0.2) is 12.9 Å². The molecule has 0 N–H and O–H groups in total. The van der Waals surface area contributed by atoms with Crippen LogP contribution in [0.1, 0.15) is 22.8 Å². The molecule has 2 rings (SSSR count). The van der Waals surface area contributed by atoms with Gasteiger partial charge in [-0.2, -0.15) is 0 Å². The molecule has 0 spiro atoms. The highest BCUT2D eigenvalue weighted by Gasteiger charge is 2.08. The number of Topliss-reactive ketones (excluding diaryl/α,β-unsaturated/α-hetero) is 1. The normalized spacial score (nSPS) is 11.2. The fourth-order valence-corrected chi connectivity index (χ4v) is 1.97. The molecule has 0 amide bonds. The molecule has 0 aliphatic rings. The van der Waals surface area contributed by atoms with Crippen molar-refractivity contribution in [3.05, 3.63) is 70.3 Å². The molecule has 0 heterocycles. The summed E-state index contributed by atoms with van der Waals surface area (Å²) in [5.41, 5.74) is 2.28. The van der Waals surface area contributed by atoms with Crippen molar-refractivity contribution in [2.24, 2.45) is 0 Å². The average Bonchev–Trinajstić information content (AvgIpc) is 2.49. The highest BCUT2D eigenvalue weighted by molar-refractivity contribution is 6.30. The number of carbonyl (C=O) groups excluding carboxylic acids is 1. The molecule has 2 nitrogen and oxygen atoms in total. The second-order valence-electron chi connectivity index (χ2n) is 4.44. The molecule has 0 atom stereocenters. The zero-order valence-corrected chi connectivity index (χ0v) is 12.1. The Hall–Kier alpha value is -2.06. The third kappa shape index (κ3) is 3.49. The smallest absolute Gasteiger partial charge is 0.188 e. The van der Waals surface area contributed by atoms with Gasteiger partial charge in [-0.05, 0) is 60.5 Å². The van der Waals surface area contributed by atoms with Gasteiger partial charge in [0.15, 0.2) is 5.78 Å². The summed E-state index contributed by atoms with van der Waals surface area (Å²) in [5, 5.41) is 0.682. The van der Waals surface area contributed by atoms with E-state index in [2.05, 4.69) is 0 Å². The van der Waals surface area contributed by atoms with Gasteiger partial charge in [0, 0.05) is 10.6 Å². The molecule has 0 aromatic heterocycles. The van der Waals surface area contributed by atoms with E-state index in [1.807, 2.05) is 18.2 Å². The number of allylic oxidation sites excluding steroid dienone is 1. The fraction of sp³-hybridized carbons (Fsp3) is 0.118. The Morgan fingerprint density at radius 2 is 1.65 bits per heavy atom. The second-order valence-corrected chi connectivity index (χ2v) is 4.87. The van der Waals surface area contributed by atoms with Crippen LogP contribution in [0.5, 0.6) is 5.75 Å². The van der Waals surface area contributed by atoms with E-state index in [-0.39, 0.29) is 5.78 Å². The van der Waals surface area contributed by atoms with Crippen LogP contribution in [0.3, 0.4) is 0 Å². The quantitative estimate of drug-likeness (QED) is 0.605. The van der Waals surface area contributed by atoms with E-state index in [9.17, 15) is 4.79 Å². The van der Waals surface area contributed by atoms with Crippen LogP contribution in [-0.2, 0) is 0 Å². The largest absolute Gasteiger partial charge is 0.497 e. The van der Waals surface area contributed by atoms with Gasteiger partial charge in [-0.3, -0.25) is 4.79 Å². The number of halogens is 1. The van der Waals surface area contributed by atoms with Crippen LogP contribution >= 0.6 is 11.6 Å². The molecule has 0 saturated heterocycles. The van der Waals surface area contributed by atoms with Crippen molar-refractivity contribution in [2.75, 3.05) is 7.11 Å². The molecule has 3 heteroatoms. The predicted octanol–water partition coefficient (Wildman–Crippen LogP) is 4.63. The van der Waals surface area contributed by atoms with Gasteiger partial charge < -0.3 is 4.74 Å². The van der Waals surface area contributed by atoms with Crippen LogP contribution in [0.15, 0.2) is 54.1 Å². The number of carbonyl (C=O) groups is 1. The lowest BCUT2D eigenvalue weighted by Gasteiger charge is -2.04. The maximum Gasteiger partial charge on any atom is 0.188 e. The lowest BCUT2D eigenvalue weighted by Crippen LogP contribution is -2.00. The van der Waals surface area contributed by atoms with E-state index in [0.717, 1.165) is 11.3 Å². The Bertz CT molecular complexity index is 625. The molecule has 0 unspecified atom stereocenters. The summed E-state index contributed by atoms with van der Waals surface area (Å²) in [5.74, 6) is 0.739. The molecule has 0 aliphatic heterocycles. The molecule has 0 radical (unpaired) electrons. The Morgan fingerprint density at radius 1 is 1.05 bits per heavy atom. The highest BCUT2D eigenvalue weighted by Crippen LogP contribution is 2.17. The third-order valence-electron chi connectivity index (χ3n) is 2.96. The van der Waals surface area contributed by atoms with Crippen molar-refractivity contribution >= 4 is 23.5 Å². The number of hydrogen-bond acceptors (Lipinski definition) is 2. The molecule has 0 saturated carbocycles. The van der Waals surface area contributed by atoms with Crippen molar-refractivity contribution in [1.82, 2.24) is 0 Å². The van der Waals surface area contributed by atoms with E-state index in [1.54, 1.807) is 50.4 Å². The molecule has 2 aromatic rings. The molecule has 20 heavy (non-hydrogen) atoms. The predicted molar refractivity (Wildman–Crippen MR) is 82.4 cm³/mol. The lowest BCUT2D eigenvalue weighted by atomic mass is 10.0. The molecule has 2 aromatic carbocycles. The number of rotatable bonds is 4. The Kier molecular flexibility index (Phi) is 4.59. The van der Waals surface area contributed by atoms with Gasteiger partial charge in [0.05, 0.1) is 7.11 Å². The van der Waals surface area contributed by atoms with E-state index >= 15 is 0 Å². The summed E-state index contributed by atoms with van der Waals surface area (Å²) in [7, 11) is 1.60. The van der Waals surface area contributed by atoms with Gasteiger partial charge in [-0.15, -0.1) is 0 Å². The Labute approximate surface area is 123 Å². The van der Waals surface area contributed by atoms with Gasteiger partial charge in [0.1, 0.15) is 5.75 Å². The second kappa shape index (κ2) is 6.40. The summed E-state index contributed by atoms with van der Waals surface area (Å²) in [6, 6.07) is 14.5. The van der Waals surface area contributed by atoms with Crippen LogP contribution in [0.2, 0.25) is 5.02 Å². The summed E-state index contributed by atoms with van der Waals surface area (Å²) < 4.78 is 5.08. The first-order chi connectivity index (χ1) is 9.60. The summed E-state index contributed by atoms with van der Waals surface area (Å²) in [6.07, 6.45) is 1.85. The van der Waals surface area contributed by atoms with Crippen LogP contribution < -0.4 is 4.74 Å². The third-order valence-corrected chi connectivity index (χ3v) is 3.22. The fourth-order valence-electron chi connectivity index (χ4n) is 1.84. The summed E-state index contributed by atoms with van der Waals surface area (Å²) in [4.78, 5) is 12.3. The maximum atomic E-state index is 12.3. The molecular weight excluding hydrogens is 272 g/mol. The van der Waals surface area contributed by atoms with Gasteiger partial charge >= 0.3 is 0 Å². The maximum absolute atomic E-state index is 12.3. The minimum atomic E-state index is 0.00241. The van der Waals surface area contributed by atoms with E-state index in [1.165, 1.54) is 0 Å². The first-order valence-corrected chi connectivity index (χ1v) is 6.60. The number of ether oxygens (including phenoxy) is 1. The summed E-state index contributed by atoms with van der Waals surface area (Å²) in [6.45, 7) is 1.81. The average molecular weight is 287 g/mol. The van der Waals surface area contributed by atoms with Crippen molar-refractivity contribution in [3.63, 3.8) is 0 Å². The van der Waals surface area contributed by atoms with Crippen molar-refractivity contribution < 1.29 is 9.53 Å². The molecule has 0 bridgehead atoms. The van der Waals surface area contributed by atoms with Crippen molar-refractivity contribution in [2.45, 2.75) is 6.92 Å². The Morgan fingerprint density at radius 3 is 2.20 bits per heavy atom. The lowest BCUT2D eigenvalue weighted by molar-refractivity contribution is 0.103. The first kappa shape index (κ1) is 14.4. The van der Waals surface area contributed by atoms with Gasteiger partial charge in [0.2, 0.25) is 0 Å². The molecule has 102 valence electrons. The molecule has 0 aliphatic carbocycles. The van der Waals surface area contributed by atoms with Crippen LogP contribution in [0.25, 0.3) is 6.08 Å². The highest BCUT2D eigenvalue weighted by atomic mass is 35.5. The topological polar surface area (TPSA) is 26.3 Å². The van der Waals surface area contributed by atoms with Gasteiger partial charge in [0.25, 0.3) is 0 Å². The summed E-state index contributed by atoms with van der Waals surface area (Å²) >= 11 is 5.84. The van der Waals surface area contributed by atoms with Crippen molar-refractivity contribution in [3.8, 4) is 5.75 Å². The first-order valence-electron chi connectivity index (χ1n) is 6.23. The zero-order valence-electron chi connectivity index (χ0n) is 11.4. The molecular formula is C17H15ClO2. The number of ketones is 1. The van der Waals surface area contributed by atoms with Crippen LogP contribution in [0.4, 0.5) is 0 Å². The molecule has 0 fully saturated rings. The van der Waals surface area contributed by atoms with Gasteiger partial charge in [-0.1, -0.05) is 23.7 Å². The zero-order chi connectivity index (χ0) is 14.5. The van der Waals surface area contributed by atoms with E-state index < -0.39 is 0 Å². The van der Waals surface area contributed by atoms with E-state index in [0.29, 0.717) is 16.2 Å². The van der Waals surface area contributed by atoms with Crippen LogP contribution in [0, 0.1) is 0 Å². The Balaban J connectivity index is 2.20. The number of hydrogen-bond donors (Lipinski definition) is 0. The van der Waals surface area contributed by atoms with Crippen molar-refractivity contribution in [1.29, 1.82) is 0 Å².